The molecule has 4 N–H and O–H groups in total. The highest BCUT2D eigenvalue weighted by Gasteiger charge is 2.44. The van der Waals surface area contributed by atoms with Crippen LogP contribution >= 0.6 is 0 Å². The molecule has 1 aromatic carbocycles. The summed E-state index contributed by atoms with van der Waals surface area (Å²) in [5.41, 5.74) is 3.38. The summed E-state index contributed by atoms with van der Waals surface area (Å²) in [5.74, 6) is 0.585. The average Bonchev–Trinajstić information content (AvgIpc) is 3.52. The number of rotatable bonds is 7. The first kappa shape index (κ1) is 22.2. The Morgan fingerprint density at radius 3 is 2.70 bits per heavy atom. The highest BCUT2D eigenvalue weighted by Crippen LogP contribution is 2.33. The second kappa shape index (κ2) is 9.32. The number of nitrogens with zero attached hydrogens (tertiary/aromatic N) is 4. The number of ether oxygens (including phenoxy) is 2. The molecule has 1 aliphatic heterocycles. The van der Waals surface area contributed by atoms with Crippen LogP contribution < -0.4 is 5.32 Å². The zero-order valence-electron chi connectivity index (χ0n) is 18.4. The molecule has 2 unspecified atom stereocenters. The van der Waals surface area contributed by atoms with Gasteiger partial charge in [-0.15, -0.1) is 0 Å². The summed E-state index contributed by atoms with van der Waals surface area (Å²) in [7, 11) is 0. The molecule has 33 heavy (non-hydrogen) atoms. The molecule has 2 aliphatic rings. The van der Waals surface area contributed by atoms with E-state index in [0.717, 1.165) is 24.8 Å². The van der Waals surface area contributed by atoms with Crippen LogP contribution in [0.2, 0.25) is 0 Å². The third kappa shape index (κ3) is 4.32. The van der Waals surface area contributed by atoms with Crippen molar-refractivity contribution in [3.05, 3.63) is 48.0 Å². The summed E-state index contributed by atoms with van der Waals surface area (Å²) < 4.78 is 13.4. The van der Waals surface area contributed by atoms with Gasteiger partial charge in [0.2, 0.25) is 0 Å². The maximum atomic E-state index is 10.4. The smallest absolute Gasteiger partial charge is 0.167 e. The SMILES string of the molecule is Cc1ccc(CO[C@@H]2CCCC2Nc2ncnc3c2ncn3C2O[C@H](CO)[C@@H](O)[C@H]2O)cc1. The third-order valence-electron chi connectivity index (χ3n) is 6.51. The summed E-state index contributed by atoms with van der Waals surface area (Å²) in [6.07, 6.45) is 1.80. The van der Waals surface area contributed by atoms with E-state index in [1.807, 2.05) is 0 Å². The minimum Gasteiger partial charge on any atom is -0.394 e. The number of fused-ring (bicyclic) bond motifs is 1. The van der Waals surface area contributed by atoms with Crippen LogP contribution in [0.4, 0.5) is 5.82 Å². The number of nitrogens with one attached hydrogen (secondary N) is 1. The number of aliphatic hydroxyl groups is 3. The van der Waals surface area contributed by atoms with E-state index >= 15 is 0 Å². The first-order chi connectivity index (χ1) is 16.0. The second-order valence-corrected chi connectivity index (χ2v) is 8.79. The van der Waals surface area contributed by atoms with E-state index in [-0.39, 0.29) is 12.1 Å². The average molecular weight is 456 g/mol. The van der Waals surface area contributed by atoms with Gasteiger partial charge in [-0.25, -0.2) is 15.0 Å². The van der Waals surface area contributed by atoms with Crippen LogP contribution in [0.15, 0.2) is 36.9 Å². The topological polar surface area (TPSA) is 135 Å². The van der Waals surface area contributed by atoms with Crippen LogP contribution in [0.3, 0.4) is 0 Å². The molecule has 10 heteroatoms. The fraction of sp³-hybridized carbons (Fsp3) is 0.522. The Bertz CT molecular complexity index is 1090. The van der Waals surface area contributed by atoms with E-state index < -0.39 is 31.1 Å². The highest BCUT2D eigenvalue weighted by molar-refractivity contribution is 5.82. The minimum atomic E-state index is -1.21. The largest absolute Gasteiger partial charge is 0.394 e. The van der Waals surface area contributed by atoms with Crippen molar-refractivity contribution in [3.63, 3.8) is 0 Å². The van der Waals surface area contributed by atoms with E-state index in [9.17, 15) is 15.3 Å². The van der Waals surface area contributed by atoms with Gasteiger partial charge in [-0.05, 0) is 31.7 Å². The molecule has 5 rings (SSSR count). The molecule has 1 aliphatic carbocycles. The Hall–Kier alpha value is -2.63. The van der Waals surface area contributed by atoms with Crippen molar-refractivity contribution in [2.24, 2.45) is 0 Å². The second-order valence-electron chi connectivity index (χ2n) is 8.79. The number of anilines is 1. The number of aryl methyl sites for hydroxylation is 1. The molecule has 0 amide bonds. The van der Waals surface area contributed by atoms with Gasteiger partial charge in [-0.3, -0.25) is 4.57 Å². The molecular formula is C23H29N5O5. The van der Waals surface area contributed by atoms with Crippen LogP contribution in [0.1, 0.15) is 36.6 Å². The van der Waals surface area contributed by atoms with Crippen molar-refractivity contribution in [3.8, 4) is 0 Å². The predicted molar refractivity (Wildman–Crippen MR) is 119 cm³/mol. The number of hydrogen-bond acceptors (Lipinski definition) is 9. The number of imidazole rings is 1. The fourth-order valence-electron chi connectivity index (χ4n) is 4.61. The molecule has 1 saturated heterocycles. The Morgan fingerprint density at radius 1 is 1.12 bits per heavy atom. The van der Waals surface area contributed by atoms with Crippen LogP contribution in [0.5, 0.6) is 0 Å². The molecule has 176 valence electrons. The summed E-state index contributed by atoms with van der Waals surface area (Å²) in [4.78, 5) is 13.1. The molecular weight excluding hydrogens is 426 g/mol. The Balaban J connectivity index is 1.31. The standard InChI is InChI=1S/C23H29N5O5/c1-13-5-7-14(8-6-13)10-32-16-4-2-3-15(16)27-21-18-22(25-11-24-21)28(12-26-18)23-20(31)19(30)17(9-29)33-23/h5-8,11-12,15-17,19-20,23,29-31H,2-4,9-10H2,1H3,(H,24,25,27)/t15?,16-,17-,19-,20-,23?/m1/s1. The van der Waals surface area contributed by atoms with Crippen molar-refractivity contribution >= 4 is 17.0 Å². The maximum absolute atomic E-state index is 10.4. The summed E-state index contributed by atoms with van der Waals surface area (Å²) >= 11 is 0. The highest BCUT2D eigenvalue weighted by atomic mass is 16.6. The van der Waals surface area contributed by atoms with Gasteiger partial charge < -0.3 is 30.1 Å². The first-order valence-electron chi connectivity index (χ1n) is 11.3. The minimum absolute atomic E-state index is 0.0545. The molecule has 2 fully saturated rings. The maximum Gasteiger partial charge on any atom is 0.167 e. The zero-order chi connectivity index (χ0) is 22.9. The summed E-state index contributed by atoms with van der Waals surface area (Å²) in [6, 6.07) is 8.44. The first-order valence-corrected chi connectivity index (χ1v) is 11.3. The molecule has 0 radical (unpaired) electrons. The lowest BCUT2D eigenvalue weighted by Gasteiger charge is -2.22. The van der Waals surface area contributed by atoms with Gasteiger partial charge in [-0.2, -0.15) is 0 Å². The lowest BCUT2D eigenvalue weighted by atomic mass is 10.1. The number of benzene rings is 1. The number of aromatic nitrogens is 4. The molecule has 0 bridgehead atoms. The van der Waals surface area contributed by atoms with Gasteiger partial charge in [0.05, 0.1) is 31.7 Å². The Kier molecular flexibility index (Phi) is 6.26. The molecule has 3 heterocycles. The molecule has 10 nitrogen and oxygen atoms in total. The fourth-order valence-corrected chi connectivity index (χ4v) is 4.61. The molecule has 3 aromatic rings. The zero-order valence-corrected chi connectivity index (χ0v) is 18.4. The van der Waals surface area contributed by atoms with Gasteiger partial charge in [0, 0.05) is 0 Å². The van der Waals surface area contributed by atoms with Gasteiger partial charge in [0.25, 0.3) is 0 Å². The lowest BCUT2D eigenvalue weighted by Crippen LogP contribution is -2.33. The molecule has 2 aromatic heterocycles. The monoisotopic (exact) mass is 455 g/mol. The van der Waals surface area contributed by atoms with Crippen molar-refractivity contribution in [1.29, 1.82) is 0 Å². The van der Waals surface area contributed by atoms with E-state index in [2.05, 4.69) is 51.5 Å². The van der Waals surface area contributed by atoms with Crippen LogP contribution in [0.25, 0.3) is 11.2 Å². The van der Waals surface area contributed by atoms with Crippen molar-refractivity contribution in [2.75, 3.05) is 11.9 Å². The number of aliphatic hydroxyl groups excluding tert-OH is 3. The Labute approximate surface area is 191 Å². The normalized spacial score (nSPS) is 29.7. The molecule has 6 atom stereocenters. The Morgan fingerprint density at radius 2 is 1.94 bits per heavy atom. The lowest BCUT2D eigenvalue weighted by molar-refractivity contribution is -0.0511. The van der Waals surface area contributed by atoms with Gasteiger partial charge in [-0.1, -0.05) is 29.8 Å². The number of hydrogen-bond donors (Lipinski definition) is 4. The van der Waals surface area contributed by atoms with E-state index in [4.69, 9.17) is 9.47 Å². The van der Waals surface area contributed by atoms with Gasteiger partial charge >= 0.3 is 0 Å². The van der Waals surface area contributed by atoms with Crippen molar-refractivity contribution in [2.45, 2.75) is 69.5 Å². The third-order valence-corrected chi connectivity index (χ3v) is 6.51. The van der Waals surface area contributed by atoms with Crippen molar-refractivity contribution < 1.29 is 24.8 Å². The van der Waals surface area contributed by atoms with E-state index in [1.165, 1.54) is 18.2 Å². The van der Waals surface area contributed by atoms with E-state index in [0.29, 0.717) is 23.6 Å². The predicted octanol–water partition coefficient (Wildman–Crippen LogP) is 1.30. The summed E-state index contributed by atoms with van der Waals surface area (Å²) in [6.45, 7) is 2.23. The van der Waals surface area contributed by atoms with Crippen LogP contribution in [-0.4, -0.2) is 71.9 Å². The van der Waals surface area contributed by atoms with Gasteiger partial charge in [0.15, 0.2) is 23.2 Å². The van der Waals surface area contributed by atoms with Crippen LogP contribution in [0, 0.1) is 6.92 Å². The summed E-state index contributed by atoms with van der Waals surface area (Å²) in [5, 5.41) is 33.3. The molecule has 0 spiro atoms. The van der Waals surface area contributed by atoms with Crippen molar-refractivity contribution in [1.82, 2.24) is 19.5 Å². The van der Waals surface area contributed by atoms with E-state index in [1.54, 1.807) is 4.57 Å². The van der Waals surface area contributed by atoms with Gasteiger partial charge in [0.1, 0.15) is 24.6 Å². The molecule has 1 saturated carbocycles. The quantitative estimate of drug-likeness (QED) is 0.416. The van der Waals surface area contributed by atoms with Crippen LogP contribution in [-0.2, 0) is 16.1 Å².